The van der Waals surface area contributed by atoms with Gasteiger partial charge in [0.25, 0.3) is 5.91 Å². The molecule has 0 fully saturated rings. The van der Waals surface area contributed by atoms with Crippen LogP contribution in [0.2, 0.25) is 0 Å². The number of nitrogens with zero attached hydrogens (tertiary/aromatic N) is 1. The largest absolute Gasteiger partial charge is 0.378 e. The van der Waals surface area contributed by atoms with Gasteiger partial charge >= 0.3 is 0 Å². The molecule has 2 N–H and O–H groups in total. The molecule has 3 aromatic carbocycles. The monoisotopic (exact) mass is 495 g/mol. The fraction of sp³-hybridized carbons (Fsp3) is 0.226. The van der Waals surface area contributed by atoms with Gasteiger partial charge in [-0.25, -0.2) is 4.39 Å². The van der Waals surface area contributed by atoms with E-state index in [0.717, 1.165) is 22.5 Å². The summed E-state index contributed by atoms with van der Waals surface area (Å²) in [4.78, 5) is 29.4. The van der Waals surface area contributed by atoms with Gasteiger partial charge in [-0.05, 0) is 54.7 Å². The summed E-state index contributed by atoms with van der Waals surface area (Å²) in [5, 5.41) is 6.12. The minimum absolute atomic E-state index is 0.0213. The molecule has 0 unspecified atom stereocenters. The number of benzene rings is 3. The van der Waals surface area contributed by atoms with E-state index in [0.29, 0.717) is 29.7 Å². The molecular formula is C31H30FN3O2. The molecule has 188 valence electrons. The number of ketones is 1. The Kier molecular flexibility index (Phi) is 6.66. The van der Waals surface area contributed by atoms with Crippen molar-refractivity contribution >= 4 is 23.1 Å². The second-order valence-electron chi connectivity index (χ2n) is 9.85. The number of anilines is 2. The lowest BCUT2D eigenvalue weighted by atomic mass is 9.71. The summed E-state index contributed by atoms with van der Waals surface area (Å²) in [6, 6.07) is 24.1. The number of dihydropyridines is 1. The van der Waals surface area contributed by atoms with Crippen molar-refractivity contribution in [1.29, 1.82) is 0 Å². The molecule has 0 aromatic heterocycles. The van der Waals surface area contributed by atoms with Gasteiger partial charge in [-0.15, -0.1) is 0 Å². The van der Waals surface area contributed by atoms with Crippen LogP contribution in [0.4, 0.5) is 15.8 Å². The molecule has 1 heterocycles. The SMILES string of the molecule is CC1=C(C(=O)Nc2ccccc2F)[C@H](c2ccc(N(C)C)cc2)C2=C(C[C@@H](c3ccccc3)CC2=O)N1. The summed E-state index contributed by atoms with van der Waals surface area (Å²) in [6.07, 6.45) is 1.05. The Balaban J connectivity index is 1.57. The molecule has 1 amide bonds. The molecule has 6 heteroatoms. The molecule has 0 saturated heterocycles. The number of allylic oxidation sites excluding steroid dienone is 3. The van der Waals surface area contributed by atoms with Crippen LogP contribution in [0.3, 0.4) is 0 Å². The van der Waals surface area contributed by atoms with Crippen molar-refractivity contribution in [1.82, 2.24) is 5.32 Å². The first-order valence-corrected chi connectivity index (χ1v) is 12.5. The zero-order chi connectivity index (χ0) is 26.1. The Morgan fingerprint density at radius 1 is 0.919 bits per heavy atom. The van der Waals surface area contributed by atoms with E-state index >= 15 is 0 Å². The van der Waals surface area contributed by atoms with Gasteiger partial charge in [0.1, 0.15) is 5.82 Å². The first kappa shape index (κ1) is 24.5. The van der Waals surface area contributed by atoms with Gasteiger partial charge in [0, 0.05) is 54.7 Å². The van der Waals surface area contributed by atoms with E-state index in [4.69, 9.17) is 0 Å². The van der Waals surface area contributed by atoms with Crippen LogP contribution in [0.1, 0.15) is 42.7 Å². The zero-order valence-corrected chi connectivity index (χ0v) is 21.2. The van der Waals surface area contributed by atoms with Crippen molar-refractivity contribution in [3.05, 3.63) is 118 Å². The molecule has 37 heavy (non-hydrogen) atoms. The Hall–Kier alpha value is -4.19. The summed E-state index contributed by atoms with van der Waals surface area (Å²) in [5.74, 6) is -1.40. The van der Waals surface area contributed by atoms with Crippen molar-refractivity contribution in [3.63, 3.8) is 0 Å². The number of Topliss-reactive ketones (excluding diaryl/α,β-unsaturated/α-hetero) is 1. The maximum Gasteiger partial charge on any atom is 0.254 e. The Morgan fingerprint density at radius 3 is 2.27 bits per heavy atom. The number of rotatable bonds is 5. The van der Waals surface area contributed by atoms with Crippen LogP contribution in [-0.2, 0) is 9.59 Å². The summed E-state index contributed by atoms with van der Waals surface area (Å²) < 4.78 is 14.4. The molecule has 0 radical (unpaired) electrons. The lowest BCUT2D eigenvalue weighted by Gasteiger charge is -2.37. The topological polar surface area (TPSA) is 61.4 Å². The predicted octanol–water partition coefficient (Wildman–Crippen LogP) is 5.89. The third kappa shape index (κ3) is 4.79. The number of para-hydroxylation sites is 1. The maximum atomic E-state index is 14.4. The van der Waals surface area contributed by atoms with Gasteiger partial charge in [-0.2, -0.15) is 0 Å². The molecule has 0 spiro atoms. The van der Waals surface area contributed by atoms with Gasteiger partial charge in [0.2, 0.25) is 0 Å². The van der Waals surface area contributed by atoms with Crippen molar-refractivity contribution in [2.45, 2.75) is 31.6 Å². The second kappa shape index (κ2) is 10.1. The minimum atomic E-state index is -0.552. The predicted molar refractivity (Wildman–Crippen MR) is 145 cm³/mol. The minimum Gasteiger partial charge on any atom is -0.378 e. The normalized spacial score (nSPS) is 19.3. The molecule has 3 aromatic rings. The molecule has 1 aliphatic heterocycles. The first-order chi connectivity index (χ1) is 17.8. The lowest BCUT2D eigenvalue weighted by Crippen LogP contribution is -2.37. The molecule has 1 aliphatic carbocycles. The van der Waals surface area contributed by atoms with Gasteiger partial charge < -0.3 is 15.5 Å². The maximum absolute atomic E-state index is 14.4. The van der Waals surface area contributed by atoms with E-state index in [1.807, 2.05) is 68.4 Å². The Labute approximate surface area is 216 Å². The smallest absolute Gasteiger partial charge is 0.254 e. The summed E-state index contributed by atoms with van der Waals surface area (Å²) in [6.45, 7) is 1.85. The molecule has 5 nitrogen and oxygen atoms in total. The quantitative estimate of drug-likeness (QED) is 0.463. The van der Waals surface area contributed by atoms with Crippen LogP contribution in [0.15, 0.2) is 101 Å². The van der Waals surface area contributed by atoms with Crippen molar-refractivity contribution in [2.24, 2.45) is 0 Å². The number of carbonyl (C=O) groups excluding carboxylic acids is 2. The van der Waals surface area contributed by atoms with E-state index in [1.165, 1.54) is 12.1 Å². The van der Waals surface area contributed by atoms with Crippen LogP contribution in [0.25, 0.3) is 0 Å². The molecular weight excluding hydrogens is 465 g/mol. The van der Waals surface area contributed by atoms with E-state index in [9.17, 15) is 14.0 Å². The summed E-state index contributed by atoms with van der Waals surface area (Å²) in [5.41, 5.74) is 5.66. The molecule has 5 rings (SSSR count). The number of nitrogens with one attached hydrogen (secondary N) is 2. The highest BCUT2D eigenvalue weighted by molar-refractivity contribution is 6.10. The number of halogens is 1. The lowest BCUT2D eigenvalue weighted by molar-refractivity contribution is -0.116. The highest BCUT2D eigenvalue weighted by Crippen LogP contribution is 2.45. The third-order valence-corrected chi connectivity index (χ3v) is 7.21. The van der Waals surface area contributed by atoms with E-state index in [2.05, 4.69) is 22.8 Å². The molecule has 2 aliphatic rings. The Bertz CT molecular complexity index is 1410. The van der Waals surface area contributed by atoms with Crippen molar-refractivity contribution in [2.75, 3.05) is 24.3 Å². The van der Waals surface area contributed by atoms with Gasteiger partial charge in [-0.3, -0.25) is 9.59 Å². The van der Waals surface area contributed by atoms with Gasteiger partial charge in [0.05, 0.1) is 5.69 Å². The Morgan fingerprint density at radius 2 is 1.59 bits per heavy atom. The van der Waals surface area contributed by atoms with Gasteiger partial charge in [-0.1, -0.05) is 54.6 Å². The fourth-order valence-electron chi connectivity index (χ4n) is 5.35. The average molecular weight is 496 g/mol. The first-order valence-electron chi connectivity index (χ1n) is 12.5. The molecule has 0 saturated carbocycles. The van der Waals surface area contributed by atoms with E-state index < -0.39 is 17.6 Å². The summed E-state index contributed by atoms with van der Waals surface area (Å²) >= 11 is 0. The van der Waals surface area contributed by atoms with Crippen LogP contribution in [0.5, 0.6) is 0 Å². The second-order valence-corrected chi connectivity index (χ2v) is 9.85. The van der Waals surface area contributed by atoms with Crippen LogP contribution < -0.4 is 15.5 Å². The van der Waals surface area contributed by atoms with Crippen molar-refractivity contribution in [3.8, 4) is 0 Å². The fourth-order valence-corrected chi connectivity index (χ4v) is 5.35. The standard InChI is InChI=1S/C31H30FN3O2/c1-19-28(31(37)34-25-12-8-7-11-24(25)32)29(21-13-15-23(16-14-21)35(2)3)30-26(33-19)17-22(18-27(30)36)20-9-5-4-6-10-20/h4-16,22,29,33H,17-18H2,1-3H3,(H,34,37)/t22-,29+/m1/s1. The van der Waals surface area contributed by atoms with Crippen molar-refractivity contribution < 1.29 is 14.0 Å². The number of carbonyl (C=O) groups is 2. The zero-order valence-electron chi connectivity index (χ0n) is 21.2. The number of amides is 1. The molecule has 0 bridgehead atoms. The number of hydrogen-bond acceptors (Lipinski definition) is 4. The third-order valence-electron chi connectivity index (χ3n) is 7.21. The van der Waals surface area contributed by atoms with Crippen LogP contribution >= 0.6 is 0 Å². The molecule has 2 atom stereocenters. The van der Waals surface area contributed by atoms with Gasteiger partial charge in [0.15, 0.2) is 5.78 Å². The van der Waals surface area contributed by atoms with Crippen LogP contribution in [0, 0.1) is 5.82 Å². The summed E-state index contributed by atoms with van der Waals surface area (Å²) in [7, 11) is 3.93. The highest BCUT2D eigenvalue weighted by Gasteiger charge is 2.41. The highest BCUT2D eigenvalue weighted by atomic mass is 19.1. The van der Waals surface area contributed by atoms with E-state index in [1.54, 1.807) is 12.1 Å². The van der Waals surface area contributed by atoms with E-state index in [-0.39, 0.29) is 17.4 Å². The van der Waals surface area contributed by atoms with Crippen LogP contribution in [-0.4, -0.2) is 25.8 Å². The number of hydrogen-bond donors (Lipinski definition) is 2. The average Bonchev–Trinajstić information content (AvgIpc) is 2.89.